The molecule has 1 aromatic carbocycles. The van der Waals surface area contributed by atoms with Gasteiger partial charge in [-0.05, 0) is 32.0 Å². The molecule has 0 spiro atoms. The summed E-state index contributed by atoms with van der Waals surface area (Å²) >= 11 is 0. The Balaban J connectivity index is 1.86. The zero-order chi connectivity index (χ0) is 13.0. The highest BCUT2D eigenvalue weighted by molar-refractivity contribution is 5.32. The molecule has 0 amide bonds. The highest BCUT2D eigenvalue weighted by atomic mass is 16.6. The second-order valence-electron chi connectivity index (χ2n) is 4.91. The van der Waals surface area contributed by atoms with Crippen molar-refractivity contribution in [1.82, 2.24) is 10.2 Å². The first-order valence-corrected chi connectivity index (χ1v) is 6.30. The van der Waals surface area contributed by atoms with E-state index in [-0.39, 0.29) is 10.6 Å². The van der Waals surface area contributed by atoms with Crippen LogP contribution in [0.25, 0.3) is 0 Å². The average Bonchev–Trinajstić information content (AvgIpc) is 2.82. The molecule has 1 atom stereocenters. The number of nitrogens with one attached hydrogen (secondary N) is 1. The molecule has 1 saturated heterocycles. The van der Waals surface area contributed by atoms with E-state index in [4.69, 9.17) is 0 Å². The Morgan fingerprint density at radius 3 is 2.72 bits per heavy atom. The van der Waals surface area contributed by atoms with Crippen LogP contribution in [0.4, 0.5) is 5.69 Å². The molecule has 2 rings (SSSR count). The summed E-state index contributed by atoms with van der Waals surface area (Å²) in [4.78, 5) is 12.4. The van der Waals surface area contributed by atoms with Crippen LogP contribution in [-0.4, -0.2) is 36.0 Å². The van der Waals surface area contributed by atoms with Crippen LogP contribution in [0.1, 0.15) is 18.4 Å². The van der Waals surface area contributed by atoms with Crippen molar-refractivity contribution in [1.29, 1.82) is 0 Å². The van der Waals surface area contributed by atoms with Gasteiger partial charge in [0.1, 0.15) is 0 Å². The Morgan fingerprint density at radius 2 is 2.17 bits per heavy atom. The van der Waals surface area contributed by atoms with Crippen LogP contribution in [0, 0.1) is 10.1 Å². The average molecular weight is 249 g/mol. The molecule has 0 aliphatic carbocycles. The van der Waals surface area contributed by atoms with E-state index in [1.165, 1.54) is 12.8 Å². The van der Waals surface area contributed by atoms with Crippen molar-refractivity contribution in [3.63, 3.8) is 0 Å². The van der Waals surface area contributed by atoms with Gasteiger partial charge < -0.3 is 10.2 Å². The third kappa shape index (κ3) is 3.51. The standard InChI is InChI=1S/C13H19N3O2/c1-15(10-12-3-2-8-14-12)9-11-4-6-13(7-5-11)16(17)18/h4-7,12,14H,2-3,8-10H2,1H3. The van der Waals surface area contributed by atoms with Crippen LogP contribution in [0.5, 0.6) is 0 Å². The van der Waals surface area contributed by atoms with Crippen LogP contribution >= 0.6 is 0 Å². The molecule has 1 fully saturated rings. The molecule has 1 unspecified atom stereocenters. The maximum Gasteiger partial charge on any atom is 0.269 e. The number of nitro groups is 1. The summed E-state index contributed by atoms with van der Waals surface area (Å²) in [6, 6.07) is 7.38. The first-order valence-electron chi connectivity index (χ1n) is 6.30. The number of nitro benzene ring substituents is 1. The summed E-state index contributed by atoms with van der Waals surface area (Å²) in [5.41, 5.74) is 1.26. The molecule has 5 heteroatoms. The highest BCUT2D eigenvalue weighted by Crippen LogP contribution is 2.14. The van der Waals surface area contributed by atoms with Crippen LogP contribution in [0.15, 0.2) is 24.3 Å². The smallest absolute Gasteiger partial charge is 0.269 e. The number of non-ortho nitro benzene ring substituents is 1. The fraction of sp³-hybridized carbons (Fsp3) is 0.538. The summed E-state index contributed by atoms with van der Waals surface area (Å²) < 4.78 is 0. The molecule has 18 heavy (non-hydrogen) atoms. The van der Waals surface area contributed by atoms with E-state index in [0.717, 1.165) is 25.2 Å². The molecule has 1 heterocycles. The Hall–Kier alpha value is -1.46. The van der Waals surface area contributed by atoms with Crippen molar-refractivity contribution >= 4 is 5.69 Å². The Morgan fingerprint density at radius 1 is 1.44 bits per heavy atom. The number of hydrogen-bond acceptors (Lipinski definition) is 4. The summed E-state index contributed by atoms with van der Waals surface area (Å²) in [6.45, 7) is 2.98. The van der Waals surface area contributed by atoms with Crippen LogP contribution in [0.2, 0.25) is 0 Å². The third-order valence-corrected chi connectivity index (χ3v) is 3.29. The molecule has 1 aliphatic heterocycles. The monoisotopic (exact) mass is 249 g/mol. The molecular formula is C13H19N3O2. The molecule has 0 bridgehead atoms. The second-order valence-corrected chi connectivity index (χ2v) is 4.91. The molecule has 0 aromatic heterocycles. The number of hydrogen-bond donors (Lipinski definition) is 1. The largest absolute Gasteiger partial charge is 0.313 e. The lowest BCUT2D eigenvalue weighted by Gasteiger charge is -2.21. The number of benzene rings is 1. The molecule has 1 aliphatic rings. The molecule has 98 valence electrons. The predicted molar refractivity (Wildman–Crippen MR) is 70.5 cm³/mol. The summed E-state index contributed by atoms with van der Waals surface area (Å²) in [5.74, 6) is 0. The number of likely N-dealkylation sites (N-methyl/N-ethyl adjacent to an activating group) is 1. The van der Waals surface area contributed by atoms with Gasteiger partial charge in [-0.3, -0.25) is 10.1 Å². The summed E-state index contributed by atoms with van der Waals surface area (Å²) in [7, 11) is 2.08. The maximum absolute atomic E-state index is 10.6. The van der Waals surface area contributed by atoms with Gasteiger partial charge in [-0.15, -0.1) is 0 Å². The minimum absolute atomic E-state index is 0.152. The van der Waals surface area contributed by atoms with Crippen molar-refractivity contribution in [3.8, 4) is 0 Å². The van der Waals surface area contributed by atoms with Gasteiger partial charge in [0.25, 0.3) is 5.69 Å². The van der Waals surface area contributed by atoms with Crippen molar-refractivity contribution in [3.05, 3.63) is 39.9 Å². The van der Waals surface area contributed by atoms with Gasteiger partial charge in [0, 0.05) is 31.3 Å². The molecular weight excluding hydrogens is 230 g/mol. The zero-order valence-electron chi connectivity index (χ0n) is 10.6. The van der Waals surface area contributed by atoms with Gasteiger partial charge >= 0.3 is 0 Å². The fourth-order valence-corrected chi connectivity index (χ4v) is 2.39. The van der Waals surface area contributed by atoms with E-state index in [1.807, 2.05) is 12.1 Å². The van der Waals surface area contributed by atoms with Crippen molar-refractivity contribution in [2.24, 2.45) is 0 Å². The molecule has 0 saturated carbocycles. The molecule has 0 radical (unpaired) electrons. The normalized spacial score (nSPS) is 19.3. The second kappa shape index (κ2) is 5.93. The lowest BCUT2D eigenvalue weighted by Crippen LogP contribution is -2.34. The molecule has 1 aromatic rings. The SMILES string of the molecule is CN(Cc1ccc([N+](=O)[O-])cc1)CC1CCCN1. The van der Waals surface area contributed by atoms with Crippen molar-refractivity contribution in [2.45, 2.75) is 25.4 Å². The van der Waals surface area contributed by atoms with Crippen molar-refractivity contribution in [2.75, 3.05) is 20.1 Å². The van der Waals surface area contributed by atoms with E-state index in [9.17, 15) is 10.1 Å². The van der Waals surface area contributed by atoms with Crippen LogP contribution in [-0.2, 0) is 6.54 Å². The quantitative estimate of drug-likeness (QED) is 0.638. The highest BCUT2D eigenvalue weighted by Gasteiger charge is 2.16. The lowest BCUT2D eigenvalue weighted by atomic mass is 10.1. The van der Waals surface area contributed by atoms with Crippen LogP contribution < -0.4 is 5.32 Å². The molecule has 1 N–H and O–H groups in total. The lowest BCUT2D eigenvalue weighted by molar-refractivity contribution is -0.384. The van der Waals surface area contributed by atoms with Gasteiger partial charge in [-0.2, -0.15) is 0 Å². The summed E-state index contributed by atoms with van der Waals surface area (Å²) in [5, 5.41) is 14.0. The Bertz CT molecular complexity index is 399. The van der Waals surface area contributed by atoms with Gasteiger partial charge in [0.2, 0.25) is 0 Å². The van der Waals surface area contributed by atoms with E-state index in [0.29, 0.717) is 6.04 Å². The number of nitrogens with zero attached hydrogens (tertiary/aromatic N) is 2. The van der Waals surface area contributed by atoms with Gasteiger partial charge in [-0.1, -0.05) is 12.1 Å². The van der Waals surface area contributed by atoms with E-state index in [1.54, 1.807) is 12.1 Å². The van der Waals surface area contributed by atoms with Gasteiger partial charge in [-0.25, -0.2) is 0 Å². The third-order valence-electron chi connectivity index (χ3n) is 3.29. The topological polar surface area (TPSA) is 58.4 Å². The predicted octanol–water partition coefficient (Wildman–Crippen LogP) is 1.78. The fourth-order valence-electron chi connectivity index (χ4n) is 2.39. The Kier molecular flexibility index (Phi) is 4.28. The first-order chi connectivity index (χ1) is 8.65. The van der Waals surface area contributed by atoms with Crippen LogP contribution in [0.3, 0.4) is 0 Å². The first kappa shape index (κ1) is 13.0. The summed E-state index contributed by atoms with van der Waals surface area (Å²) in [6.07, 6.45) is 2.50. The Labute approximate surface area is 107 Å². The van der Waals surface area contributed by atoms with E-state index in [2.05, 4.69) is 17.3 Å². The van der Waals surface area contributed by atoms with Crippen molar-refractivity contribution < 1.29 is 4.92 Å². The van der Waals surface area contributed by atoms with Gasteiger partial charge in [0.15, 0.2) is 0 Å². The minimum atomic E-state index is -0.365. The van der Waals surface area contributed by atoms with E-state index < -0.39 is 0 Å². The maximum atomic E-state index is 10.6. The van der Waals surface area contributed by atoms with E-state index >= 15 is 0 Å². The number of rotatable bonds is 5. The van der Waals surface area contributed by atoms with Gasteiger partial charge in [0.05, 0.1) is 4.92 Å². The molecule has 5 nitrogen and oxygen atoms in total. The zero-order valence-corrected chi connectivity index (χ0v) is 10.6. The minimum Gasteiger partial charge on any atom is -0.313 e.